The van der Waals surface area contributed by atoms with Crippen molar-refractivity contribution in [2.45, 2.75) is 33.1 Å². The van der Waals surface area contributed by atoms with Gasteiger partial charge < -0.3 is 0 Å². The van der Waals surface area contributed by atoms with E-state index in [1.807, 2.05) is 19.1 Å². The van der Waals surface area contributed by atoms with E-state index in [2.05, 4.69) is 12.0 Å². The molecular formula is C12H18N2O. The topological polar surface area (TPSA) is 34.9 Å². The molecule has 82 valence electrons. The number of nitrogens with zero attached hydrogens (tertiary/aromatic N) is 2. The number of hydrogen-bond acceptors (Lipinski definition) is 2. The monoisotopic (exact) mass is 206 g/mol. The number of hydrogen-bond donors (Lipinski definition) is 0. The Morgan fingerprint density at radius 1 is 1.60 bits per heavy atom. The molecular weight excluding hydrogens is 188 g/mol. The second-order valence-corrected chi connectivity index (χ2v) is 3.70. The number of aromatic nitrogens is 2. The molecule has 0 aliphatic heterocycles. The summed E-state index contributed by atoms with van der Waals surface area (Å²) in [5.41, 5.74) is 1.53. The Kier molecular flexibility index (Phi) is 4.28. The summed E-state index contributed by atoms with van der Waals surface area (Å²) in [6.45, 7) is 4.03. The van der Waals surface area contributed by atoms with Crippen LogP contribution < -0.4 is 0 Å². The first-order chi connectivity index (χ1) is 7.15. The molecule has 0 aliphatic carbocycles. The third-order valence-corrected chi connectivity index (χ3v) is 2.25. The molecule has 0 amide bonds. The minimum absolute atomic E-state index is 0.0363. The highest BCUT2D eigenvalue weighted by atomic mass is 16.1. The van der Waals surface area contributed by atoms with Crippen LogP contribution in [0.1, 0.15) is 42.4 Å². The van der Waals surface area contributed by atoms with Crippen molar-refractivity contribution in [1.82, 2.24) is 9.78 Å². The van der Waals surface area contributed by atoms with E-state index in [1.54, 1.807) is 17.8 Å². The van der Waals surface area contributed by atoms with Crippen LogP contribution in [-0.4, -0.2) is 15.6 Å². The lowest BCUT2D eigenvalue weighted by Crippen LogP contribution is -2.03. The van der Waals surface area contributed by atoms with E-state index in [0.717, 1.165) is 25.0 Å². The summed E-state index contributed by atoms with van der Waals surface area (Å²) in [7, 11) is 1.79. The molecule has 0 fully saturated rings. The number of aryl methyl sites for hydroxylation is 2. The van der Waals surface area contributed by atoms with Crippen LogP contribution in [0.3, 0.4) is 0 Å². The lowest BCUT2D eigenvalue weighted by Gasteiger charge is -1.95. The van der Waals surface area contributed by atoms with Crippen molar-refractivity contribution in [2.75, 3.05) is 0 Å². The molecule has 0 unspecified atom stereocenters. The first kappa shape index (κ1) is 11.7. The Balaban J connectivity index is 2.61. The van der Waals surface area contributed by atoms with Gasteiger partial charge >= 0.3 is 0 Å². The van der Waals surface area contributed by atoms with Crippen LogP contribution in [0.25, 0.3) is 0 Å². The van der Waals surface area contributed by atoms with Gasteiger partial charge in [0.1, 0.15) is 5.69 Å². The average Bonchev–Trinajstić information content (AvgIpc) is 2.52. The van der Waals surface area contributed by atoms with Gasteiger partial charge in [0.05, 0.1) is 5.69 Å². The number of rotatable bonds is 5. The van der Waals surface area contributed by atoms with Gasteiger partial charge in [-0.05, 0) is 25.5 Å². The maximum Gasteiger partial charge on any atom is 0.203 e. The van der Waals surface area contributed by atoms with Gasteiger partial charge in [-0.15, -0.1) is 0 Å². The number of allylic oxidation sites excluding steroid dienone is 2. The summed E-state index contributed by atoms with van der Waals surface area (Å²) in [5, 5.41) is 4.14. The maximum absolute atomic E-state index is 11.7. The average molecular weight is 206 g/mol. The molecule has 0 aromatic carbocycles. The fourth-order valence-corrected chi connectivity index (χ4v) is 1.44. The van der Waals surface area contributed by atoms with Gasteiger partial charge in [0.2, 0.25) is 5.78 Å². The van der Waals surface area contributed by atoms with Crippen LogP contribution in [0, 0.1) is 6.92 Å². The van der Waals surface area contributed by atoms with Gasteiger partial charge in [-0.1, -0.05) is 25.8 Å². The highest BCUT2D eigenvalue weighted by Gasteiger charge is 2.07. The predicted octanol–water partition coefficient (Wildman–Crippen LogP) is 2.66. The van der Waals surface area contributed by atoms with Gasteiger partial charge in [0.25, 0.3) is 0 Å². The van der Waals surface area contributed by atoms with E-state index < -0.39 is 0 Å². The molecule has 0 bridgehead atoms. The molecule has 1 aromatic heterocycles. The van der Waals surface area contributed by atoms with Crippen LogP contribution in [0.4, 0.5) is 0 Å². The Hall–Kier alpha value is -1.38. The van der Waals surface area contributed by atoms with Crippen LogP contribution in [-0.2, 0) is 7.05 Å². The van der Waals surface area contributed by atoms with Crippen molar-refractivity contribution in [3.63, 3.8) is 0 Å². The van der Waals surface area contributed by atoms with Crippen molar-refractivity contribution in [3.05, 3.63) is 29.6 Å². The van der Waals surface area contributed by atoms with Gasteiger partial charge in [-0.25, -0.2) is 0 Å². The number of unbranched alkanes of at least 4 members (excludes halogenated alkanes) is 2. The molecule has 1 heterocycles. The lowest BCUT2D eigenvalue weighted by molar-refractivity contribution is 0.103. The smallest absolute Gasteiger partial charge is 0.203 e. The maximum atomic E-state index is 11.7. The first-order valence-corrected chi connectivity index (χ1v) is 5.36. The fraction of sp³-hybridized carbons (Fsp3) is 0.500. The van der Waals surface area contributed by atoms with Crippen molar-refractivity contribution >= 4 is 5.78 Å². The summed E-state index contributed by atoms with van der Waals surface area (Å²) in [5.74, 6) is 0.0363. The Morgan fingerprint density at radius 3 is 2.87 bits per heavy atom. The Bertz CT molecular complexity index is 364. The standard InChI is InChI=1S/C12H18N2O/c1-4-5-6-7-8-12(15)11-9-10(2)13-14(11)3/h7-9H,4-6H2,1-3H3/b8-7+. The summed E-state index contributed by atoms with van der Waals surface area (Å²) in [6.07, 6.45) is 6.84. The van der Waals surface area contributed by atoms with Crippen LogP contribution in [0.2, 0.25) is 0 Å². The van der Waals surface area contributed by atoms with Crippen LogP contribution >= 0.6 is 0 Å². The predicted molar refractivity (Wildman–Crippen MR) is 60.9 cm³/mol. The van der Waals surface area contributed by atoms with E-state index >= 15 is 0 Å². The highest BCUT2D eigenvalue weighted by Crippen LogP contribution is 2.04. The van der Waals surface area contributed by atoms with E-state index in [9.17, 15) is 4.79 Å². The van der Waals surface area contributed by atoms with Gasteiger partial charge in [-0.2, -0.15) is 5.10 Å². The highest BCUT2D eigenvalue weighted by molar-refractivity contribution is 6.03. The van der Waals surface area contributed by atoms with Gasteiger partial charge in [0.15, 0.2) is 0 Å². The van der Waals surface area contributed by atoms with E-state index in [0.29, 0.717) is 5.69 Å². The summed E-state index contributed by atoms with van der Waals surface area (Å²) >= 11 is 0. The second kappa shape index (κ2) is 5.49. The van der Waals surface area contributed by atoms with Crippen molar-refractivity contribution in [3.8, 4) is 0 Å². The minimum Gasteiger partial charge on any atom is -0.288 e. The van der Waals surface area contributed by atoms with E-state index in [-0.39, 0.29) is 5.78 Å². The summed E-state index contributed by atoms with van der Waals surface area (Å²) < 4.78 is 1.63. The van der Waals surface area contributed by atoms with Crippen molar-refractivity contribution in [2.24, 2.45) is 7.05 Å². The molecule has 3 nitrogen and oxygen atoms in total. The second-order valence-electron chi connectivity index (χ2n) is 3.70. The number of carbonyl (C=O) groups excluding carboxylic acids is 1. The number of carbonyl (C=O) groups is 1. The molecule has 1 aromatic rings. The van der Waals surface area contributed by atoms with Crippen LogP contribution in [0.15, 0.2) is 18.2 Å². The van der Waals surface area contributed by atoms with E-state index in [4.69, 9.17) is 0 Å². The van der Waals surface area contributed by atoms with Crippen molar-refractivity contribution in [1.29, 1.82) is 0 Å². The molecule has 0 aliphatic rings. The summed E-state index contributed by atoms with van der Waals surface area (Å²) in [6, 6.07) is 1.81. The summed E-state index contributed by atoms with van der Waals surface area (Å²) in [4.78, 5) is 11.7. The van der Waals surface area contributed by atoms with Crippen LogP contribution in [0.5, 0.6) is 0 Å². The zero-order valence-corrected chi connectivity index (χ0v) is 9.66. The minimum atomic E-state index is 0.0363. The molecule has 0 radical (unpaired) electrons. The third kappa shape index (κ3) is 3.35. The molecule has 1 rings (SSSR count). The largest absolute Gasteiger partial charge is 0.288 e. The fourth-order valence-electron chi connectivity index (χ4n) is 1.44. The molecule has 3 heteroatoms. The SMILES string of the molecule is CCCC/C=C/C(=O)c1cc(C)nn1C. The molecule has 15 heavy (non-hydrogen) atoms. The zero-order valence-electron chi connectivity index (χ0n) is 9.66. The normalized spacial score (nSPS) is 11.1. The zero-order chi connectivity index (χ0) is 11.3. The molecule has 0 saturated heterocycles. The first-order valence-electron chi connectivity index (χ1n) is 5.36. The number of ketones is 1. The quantitative estimate of drug-likeness (QED) is 0.422. The molecule has 0 saturated carbocycles. The third-order valence-electron chi connectivity index (χ3n) is 2.25. The van der Waals surface area contributed by atoms with E-state index in [1.165, 1.54) is 0 Å². The van der Waals surface area contributed by atoms with Gasteiger partial charge in [-0.3, -0.25) is 9.48 Å². The Labute approximate surface area is 90.8 Å². The van der Waals surface area contributed by atoms with Gasteiger partial charge in [0, 0.05) is 7.05 Å². The lowest BCUT2D eigenvalue weighted by atomic mass is 10.2. The van der Waals surface area contributed by atoms with Crippen molar-refractivity contribution < 1.29 is 4.79 Å². The molecule has 0 atom stereocenters. The molecule has 0 N–H and O–H groups in total. The Morgan fingerprint density at radius 2 is 2.33 bits per heavy atom. The molecule has 0 spiro atoms.